The van der Waals surface area contributed by atoms with Gasteiger partial charge in [0.1, 0.15) is 0 Å². The summed E-state index contributed by atoms with van der Waals surface area (Å²) in [5.74, 6) is -2.28. The molecule has 1 fully saturated rings. The maximum absolute atomic E-state index is 13.7. The van der Waals surface area contributed by atoms with Crippen LogP contribution in [0.15, 0.2) is 29.1 Å². The molecule has 3 heterocycles. The second-order valence-electron chi connectivity index (χ2n) is 9.23. The van der Waals surface area contributed by atoms with Crippen molar-refractivity contribution in [2.75, 3.05) is 17.5 Å². The number of H-pyrrole nitrogens is 1. The van der Waals surface area contributed by atoms with Crippen LogP contribution in [0, 0.1) is 26.7 Å². The van der Waals surface area contributed by atoms with E-state index in [1.807, 2.05) is 0 Å². The van der Waals surface area contributed by atoms with Crippen LogP contribution in [0.5, 0.6) is 0 Å². The lowest BCUT2D eigenvalue weighted by Crippen LogP contribution is -2.44. The molecule has 1 aromatic carbocycles. The topological polar surface area (TPSA) is 117 Å². The molecule has 1 saturated heterocycles. The van der Waals surface area contributed by atoms with Crippen LogP contribution in [-0.4, -0.2) is 52.8 Å². The number of benzene rings is 1. The number of carbonyl (C=O) groups is 1. The molecule has 0 aliphatic carbocycles. The van der Waals surface area contributed by atoms with Crippen molar-refractivity contribution in [1.82, 2.24) is 19.5 Å². The minimum atomic E-state index is -4.46. The molecule has 1 aliphatic rings. The van der Waals surface area contributed by atoms with Crippen molar-refractivity contribution in [3.8, 4) is 0 Å². The summed E-state index contributed by atoms with van der Waals surface area (Å²) in [5.41, 5.74) is 1.69. The van der Waals surface area contributed by atoms with Gasteiger partial charge in [0.05, 0.1) is 35.2 Å². The summed E-state index contributed by atoms with van der Waals surface area (Å²) in [5, 5.41) is 2.84. The smallest absolute Gasteiger partial charge is 0.330 e. The highest BCUT2D eigenvalue weighted by Gasteiger charge is 2.46. The van der Waals surface area contributed by atoms with Crippen LogP contribution in [0.3, 0.4) is 0 Å². The number of alkyl halides is 3. The number of piperidine rings is 1. The van der Waals surface area contributed by atoms with E-state index in [1.54, 1.807) is 26.8 Å². The molecule has 194 valence electrons. The molecule has 3 aromatic rings. The van der Waals surface area contributed by atoms with Crippen LogP contribution in [-0.2, 0) is 10.0 Å². The Balaban J connectivity index is 1.82. The first-order valence-corrected chi connectivity index (χ1v) is 13.1. The van der Waals surface area contributed by atoms with E-state index < -0.39 is 40.5 Å². The van der Waals surface area contributed by atoms with Gasteiger partial charge < -0.3 is 4.90 Å². The third kappa shape index (κ3) is 4.97. The summed E-state index contributed by atoms with van der Waals surface area (Å²) in [6.45, 7) is 4.76. The number of aromatic amines is 1. The Hall–Kier alpha value is -3.35. The number of halogens is 3. The number of sulfonamides is 1. The fourth-order valence-corrected chi connectivity index (χ4v) is 5.06. The molecule has 0 unspecified atom stereocenters. The zero-order chi connectivity index (χ0) is 26.6. The maximum Gasteiger partial charge on any atom is 0.391 e. The Labute approximate surface area is 205 Å². The number of fused-ring (bicyclic) bond motifs is 1. The molecule has 36 heavy (non-hydrogen) atoms. The summed E-state index contributed by atoms with van der Waals surface area (Å²) in [6.07, 6.45) is -4.25. The van der Waals surface area contributed by atoms with Crippen LogP contribution in [0.4, 0.5) is 18.9 Å². The van der Waals surface area contributed by atoms with Gasteiger partial charge in [0.15, 0.2) is 5.65 Å². The second-order valence-corrected chi connectivity index (χ2v) is 11.0. The molecule has 0 bridgehead atoms. The highest BCUT2D eigenvalue weighted by molar-refractivity contribution is 7.92. The number of carbonyl (C=O) groups excluding carboxylic acids is 1. The zero-order valence-corrected chi connectivity index (χ0v) is 20.9. The van der Waals surface area contributed by atoms with Gasteiger partial charge in [0.25, 0.3) is 11.5 Å². The molecule has 2 atom stereocenters. The lowest BCUT2D eigenvalue weighted by Gasteiger charge is -2.39. The molecule has 1 aliphatic heterocycles. The Kier molecular flexibility index (Phi) is 6.40. The van der Waals surface area contributed by atoms with E-state index in [2.05, 4.69) is 14.8 Å². The third-order valence-corrected chi connectivity index (χ3v) is 7.08. The highest BCUT2D eigenvalue weighted by atomic mass is 32.2. The number of nitrogens with zero attached hydrogens (tertiary/aromatic N) is 3. The van der Waals surface area contributed by atoms with Crippen molar-refractivity contribution < 1.29 is 26.4 Å². The number of aryl methyl sites for hydroxylation is 2. The molecule has 2 aromatic heterocycles. The van der Waals surface area contributed by atoms with Gasteiger partial charge in [-0.15, -0.1) is 0 Å². The van der Waals surface area contributed by atoms with Gasteiger partial charge in [0.2, 0.25) is 10.0 Å². The summed E-state index contributed by atoms with van der Waals surface area (Å²) in [4.78, 5) is 32.0. The molecular formula is C23H26F3N5O4S. The van der Waals surface area contributed by atoms with Crippen molar-refractivity contribution in [3.05, 3.63) is 62.7 Å². The van der Waals surface area contributed by atoms with E-state index in [1.165, 1.54) is 23.1 Å². The predicted molar refractivity (Wildman–Crippen MR) is 127 cm³/mol. The van der Waals surface area contributed by atoms with Crippen LogP contribution in [0.1, 0.15) is 51.8 Å². The molecule has 0 radical (unpaired) electrons. The number of rotatable bonds is 4. The maximum atomic E-state index is 13.7. The molecule has 4 rings (SSSR count). The van der Waals surface area contributed by atoms with Gasteiger partial charge >= 0.3 is 6.18 Å². The third-order valence-electron chi connectivity index (χ3n) is 6.49. The fraction of sp³-hybridized carbons (Fsp3) is 0.435. The first-order chi connectivity index (χ1) is 16.7. The van der Waals surface area contributed by atoms with E-state index in [0.717, 1.165) is 10.8 Å². The van der Waals surface area contributed by atoms with E-state index in [4.69, 9.17) is 0 Å². The molecule has 13 heteroatoms. The average molecular weight is 526 g/mol. The minimum Gasteiger partial charge on any atom is -0.330 e. The summed E-state index contributed by atoms with van der Waals surface area (Å²) < 4.78 is 68.3. The summed E-state index contributed by atoms with van der Waals surface area (Å²) >= 11 is 0. The van der Waals surface area contributed by atoms with E-state index in [0.29, 0.717) is 16.8 Å². The monoisotopic (exact) mass is 525 g/mol. The van der Waals surface area contributed by atoms with Gasteiger partial charge in [0, 0.05) is 23.9 Å². The van der Waals surface area contributed by atoms with Crippen molar-refractivity contribution in [2.45, 2.75) is 45.8 Å². The van der Waals surface area contributed by atoms with Gasteiger partial charge in [-0.25, -0.2) is 17.9 Å². The number of hydrogen-bond donors (Lipinski definition) is 2. The largest absolute Gasteiger partial charge is 0.391 e. The highest BCUT2D eigenvalue weighted by Crippen LogP contribution is 2.42. The second kappa shape index (κ2) is 8.95. The van der Waals surface area contributed by atoms with Crippen LogP contribution in [0.25, 0.3) is 5.65 Å². The molecule has 2 N–H and O–H groups in total. The molecule has 9 nitrogen and oxygen atoms in total. The summed E-state index contributed by atoms with van der Waals surface area (Å²) in [7, 11) is -3.72. The molecule has 0 spiro atoms. The van der Waals surface area contributed by atoms with Crippen molar-refractivity contribution in [1.29, 1.82) is 0 Å². The van der Waals surface area contributed by atoms with Gasteiger partial charge in [-0.3, -0.25) is 19.4 Å². The van der Waals surface area contributed by atoms with Gasteiger partial charge in [-0.05, 0) is 45.7 Å². The van der Waals surface area contributed by atoms with Gasteiger partial charge in [-0.1, -0.05) is 11.6 Å². The Morgan fingerprint density at radius 2 is 1.89 bits per heavy atom. The number of amides is 1. The lowest BCUT2D eigenvalue weighted by atomic mass is 9.88. The quantitative estimate of drug-likeness (QED) is 0.541. The Morgan fingerprint density at radius 1 is 1.19 bits per heavy atom. The zero-order valence-electron chi connectivity index (χ0n) is 20.1. The minimum absolute atomic E-state index is 0.0222. The lowest BCUT2D eigenvalue weighted by molar-refractivity contribution is -0.188. The van der Waals surface area contributed by atoms with Crippen LogP contribution < -0.4 is 10.3 Å². The SMILES string of the molecule is Cc1ccc(NS(C)(=O)=O)c(C(=O)N2CC[C@@H](C(F)(F)F)C[C@H]2c2cc3nc(C)c(C)c(=O)n3[nH]2)c1. The van der Waals surface area contributed by atoms with Crippen LogP contribution >= 0.6 is 0 Å². The number of nitrogens with one attached hydrogen (secondary N) is 2. The van der Waals surface area contributed by atoms with E-state index in [-0.39, 0.29) is 41.1 Å². The molecular weight excluding hydrogens is 499 g/mol. The van der Waals surface area contributed by atoms with E-state index >= 15 is 0 Å². The normalized spacial score (nSPS) is 19.0. The first kappa shape index (κ1) is 25.7. The Morgan fingerprint density at radius 3 is 2.53 bits per heavy atom. The number of anilines is 1. The number of hydrogen-bond acceptors (Lipinski definition) is 5. The summed E-state index contributed by atoms with van der Waals surface area (Å²) in [6, 6.07) is 4.99. The predicted octanol–water partition coefficient (Wildman–Crippen LogP) is 3.48. The van der Waals surface area contributed by atoms with Crippen molar-refractivity contribution in [2.24, 2.45) is 5.92 Å². The van der Waals surface area contributed by atoms with Gasteiger partial charge in [-0.2, -0.15) is 13.2 Å². The van der Waals surface area contributed by atoms with E-state index in [9.17, 15) is 31.2 Å². The number of aromatic nitrogens is 3. The molecule has 0 saturated carbocycles. The standard InChI is InChI=1S/C23H26F3N5O4S/c1-12-5-6-17(29-36(4,34)35)16(9-12)22(33)30-8-7-15(23(24,25)26)10-19(30)18-11-20-27-14(3)13(2)21(32)31(20)28-18/h5-6,9,11,15,19,28-29H,7-8,10H2,1-4H3/t15-,19+/m1/s1. The van der Waals surface area contributed by atoms with Crippen LogP contribution in [0.2, 0.25) is 0 Å². The van der Waals surface area contributed by atoms with Crippen molar-refractivity contribution >= 4 is 27.3 Å². The van der Waals surface area contributed by atoms with Crippen molar-refractivity contribution in [3.63, 3.8) is 0 Å². The Bertz CT molecular complexity index is 1510. The average Bonchev–Trinajstić information content (AvgIpc) is 3.20. The molecule has 1 amide bonds. The number of likely N-dealkylation sites (tertiary alicyclic amines) is 1. The fourth-order valence-electron chi connectivity index (χ4n) is 4.49. The first-order valence-electron chi connectivity index (χ1n) is 11.2.